The van der Waals surface area contributed by atoms with Gasteiger partial charge in [-0.1, -0.05) is 5.16 Å². The van der Waals surface area contributed by atoms with Crippen LogP contribution in [0, 0.1) is 5.92 Å². The predicted molar refractivity (Wildman–Crippen MR) is 62.1 cm³/mol. The van der Waals surface area contributed by atoms with Crippen molar-refractivity contribution in [1.29, 1.82) is 0 Å². The van der Waals surface area contributed by atoms with Crippen LogP contribution in [0.4, 0.5) is 0 Å². The van der Waals surface area contributed by atoms with E-state index in [0.29, 0.717) is 30.6 Å². The summed E-state index contributed by atoms with van der Waals surface area (Å²) in [6, 6.07) is 1.76. The van der Waals surface area contributed by atoms with Gasteiger partial charge in [0, 0.05) is 12.0 Å². The van der Waals surface area contributed by atoms with Gasteiger partial charge in [-0.15, -0.1) is 0 Å². The highest BCUT2D eigenvalue weighted by atomic mass is 16.5. The Balaban J connectivity index is 1.43. The average Bonchev–Trinajstić information content (AvgIpc) is 3.22. The maximum absolute atomic E-state index is 12.1. The topological polar surface area (TPSA) is 66.6 Å². The smallest absolute Gasteiger partial charge is 0.276 e. The minimum absolute atomic E-state index is 0.115. The summed E-state index contributed by atoms with van der Waals surface area (Å²) in [6.07, 6.45) is 4.45. The number of nitrogens with zero attached hydrogens (tertiary/aromatic N) is 2. The first-order valence-corrected chi connectivity index (χ1v) is 6.64. The second-order valence-electron chi connectivity index (χ2n) is 5.93. The van der Waals surface area contributed by atoms with E-state index >= 15 is 0 Å². The van der Waals surface area contributed by atoms with Gasteiger partial charge in [-0.25, -0.2) is 0 Å². The van der Waals surface area contributed by atoms with Crippen LogP contribution in [-0.2, 0) is 0 Å². The molecular formula is C13H16N2O3. The van der Waals surface area contributed by atoms with Crippen LogP contribution >= 0.6 is 0 Å². The molecule has 2 aliphatic carbocycles. The highest BCUT2D eigenvalue weighted by Gasteiger charge is 2.53. The lowest BCUT2D eigenvalue weighted by Gasteiger charge is -2.46. The number of carbonyl (C=O) groups excluding carboxylic acids is 1. The molecule has 0 unspecified atom stereocenters. The van der Waals surface area contributed by atoms with Crippen molar-refractivity contribution in [3.63, 3.8) is 0 Å². The molecule has 1 amide bonds. The Hall–Kier alpha value is -1.36. The molecule has 1 aromatic heterocycles. The van der Waals surface area contributed by atoms with Gasteiger partial charge in [0.15, 0.2) is 5.69 Å². The summed E-state index contributed by atoms with van der Waals surface area (Å²) < 4.78 is 5.18. The number of hydrogen-bond acceptors (Lipinski definition) is 4. The van der Waals surface area contributed by atoms with Crippen molar-refractivity contribution in [2.45, 2.75) is 37.2 Å². The van der Waals surface area contributed by atoms with Gasteiger partial charge in [0.05, 0.1) is 13.1 Å². The van der Waals surface area contributed by atoms with Gasteiger partial charge in [0.1, 0.15) is 11.4 Å². The highest BCUT2D eigenvalue weighted by molar-refractivity contribution is 5.93. The van der Waals surface area contributed by atoms with Gasteiger partial charge >= 0.3 is 0 Å². The van der Waals surface area contributed by atoms with Gasteiger partial charge in [0.2, 0.25) is 0 Å². The summed E-state index contributed by atoms with van der Waals surface area (Å²) in [6.45, 7) is 0.893. The Bertz CT molecular complexity index is 496. The van der Waals surface area contributed by atoms with E-state index in [2.05, 4.69) is 5.16 Å². The summed E-state index contributed by atoms with van der Waals surface area (Å²) in [5, 5.41) is 14.0. The maximum atomic E-state index is 12.1. The number of β-amino-alcohol motifs (C(OH)–C–C–N with tert-alkyl or cyclic N) is 1. The molecule has 0 bridgehead atoms. The van der Waals surface area contributed by atoms with Crippen LogP contribution in [0.1, 0.15) is 47.8 Å². The minimum atomic E-state index is -0.626. The van der Waals surface area contributed by atoms with Crippen LogP contribution in [0.5, 0.6) is 0 Å². The summed E-state index contributed by atoms with van der Waals surface area (Å²) in [7, 11) is 0. The van der Waals surface area contributed by atoms with E-state index in [9.17, 15) is 9.90 Å². The first-order valence-electron chi connectivity index (χ1n) is 6.64. The van der Waals surface area contributed by atoms with Crippen molar-refractivity contribution < 1.29 is 14.4 Å². The molecule has 5 nitrogen and oxygen atoms in total. The van der Waals surface area contributed by atoms with Gasteiger partial charge < -0.3 is 14.5 Å². The number of rotatable bonds is 3. The zero-order valence-electron chi connectivity index (χ0n) is 10.1. The number of aromatic nitrogens is 1. The van der Waals surface area contributed by atoms with E-state index in [1.807, 2.05) is 0 Å². The fourth-order valence-corrected chi connectivity index (χ4v) is 2.75. The Morgan fingerprint density at radius 2 is 2.11 bits per heavy atom. The third-order valence-corrected chi connectivity index (χ3v) is 4.28. The molecule has 1 saturated heterocycles. The van der Waals surface area contributed by atoms with Crippen molar-refractivity contribution >= 4 is 5.91 Å². The number of carbonyl (C=O) groups is 1. The van der Waals surface area contributed by atoms with Gasteiger partial charge in [-0.05, 0) is 31.6 Å². The lowest BCUT2D eigenvalue weighted by atomic mass is 9.88. The SMILES string of the molecule is O=C(c1cc(C2CC2)on1)N1CC(O)(C2CC2)C1. The van der Waals surface area contributed by atoms with Crippen LogP contribution in [0.3, 0.4) is 0 Å². The molecule has 0 radical (unpaired) electrons. The lowest BCUT2D eigenvalue weighted by Crippen LogP contribution is -2.64. The van der Waals surface area contributed by atoms with Crippen LogP contribution in [0.25, 0.3) is 0 Å². The summed E-state index contributed by atoms with van der Waals surface area (Å²) in [5.74, 6) is 1.59. The first-order chi connectivity index (χ1) is 8.66. The highest BCUT2D eigenvalue weighted by Crippen LogP contribution is 2.45. The maximum Gasteiger partial charge on any atom is 0.276 e. The molecule has 4 rings (SSSR count). The second kappa shape index (κ2) is 3.35. The number of hydrogen-bond donors (Lipinski definition) is 1. The zero-order chi connectivity index (χ0) is 12.3. The standard InChI is InChI=1S/C13H16N2O3/c16-12(10-5-11(18-14-10)8-1-2-8)15-6-13(17,7-15)9-3-4-9/h5,8-9,17H,1-4,6-7H2. The van der Waals surface area contributed by atoms with E-state index in [1.165, 1.54) is 0 Å². The van der Waals surface area contributed by atoms with Crippen molar-refractivity contribution in [3.8, 4) is 0 Å². The molecule has 1 aliphatic heterocycles. The van der Waals surface area contributed by atoms with E-state index in [0.717, 1.165) is 31.4 Å². The van der Waals surface area contributed by atoms with Crippen molar-refractivity contribution in [1.82, 2.24) is 10.1 Å². The molecule has 1 N–H and O–H groups in total. The molecule has 0 atom stereocenters. The Morgan fingerprint density at radius 3 is 2.72 bits per heavy atom. The van der Waals surface area contributed by atoms with E-state index < -0.39 is 5.60 Å². The molecule has 96 valence electrons. The molecule has 1 aromatic rings. The molecule has 3 fully saturated rings. The van der Waals surface area contributed by atoms with Crippen LogP contribution in [-0.4, -0.2) is 39.8 Å². The lowest BCUT2D eigenvalue weighted by molar-refractivity contribution is -0.0960. The normalized spacial score (nSPS) is 25.9. The average molecular weight is 248 g/mol. The first kappa shape index (κ1) is 10.6. The Kier molecular flexibility index (Phi) is 1.96. The van der Waals surface area contributed by atoms with Gasteiger partial charge in [-0.3, -0.25) is 4.79 Å². The second-order valence-corrected chi connectivity index (χ2v) is 5.93. The summed E-state index contributed by atoms with van der Waals surface area (Å²) >= 11 is 0. The largest absolute Gasteiger partial charge is 0.386 e. The molecule has 0 spiro atoms. The molecule has 18 heavy (non-hydrogen) atoms. The van der Waals surface area contributed by atoms with Crippen molar-refractivity contribution in [2.24, 2.45) is 5.92 Å². The molecule has 2 saturated carbocycles. The molecular weight excluding hydrogens is 232 g/mol. The number of aliphatic hydroxyl groups is 1. The predicted octanol–water partition coefficient (Wildman–Crippen LogP) is 1.15. The van der Waals surface area contributed by atoms with E-state index in [4.69, 9.17) is 4.52 Å². The Morgan fingerprint density at radius 1 is 1.39 bits per heavy atom. The molecule has 3 aliphatic rings. The van der Waals surface area contributed by atoms with Crippen molar-refractivity contribution in [2.75, 3.05) is 13.1 Å². The van der Waals surface area contributed by atoms with Crippen LogP contribution in [0.2, 0.25) is 0 Å². The Labute approximate surface area is 105 Å². The van der Waals surface area contributed by atoms with Gasteiger partial charge in [0.25, 0.3) is 5.91 Å². The fraction of sp³-hybridized carbons (Fsp3) is 0.692. The zero-order valence-corrected chi connectivity index (χ0v) is 10.1. The molecule has 5 heteroatoms. The summed E-state index contributed by atoms with van der Waals surface area (Å²) in [4.78, 5) is 13.8. The molecule has 0 aromatic carbocycles. The minimum Gasteiger partial charge on any atom is -0.386 e. The quantitative estimate of drug-likeness (QED) is 0.871. The number of amides is 1. The van der Waals surface area contributed by atoms with Gasteiger partial charge in [-0.2, -0.15) is 0 Å². The van der Waals surface area contributed by atoms with E-state index in [1.54, 1.807) is 11.0 Å². The van der Waals surface area contributed by atoms with Crippen molar-refractivity contribution in [3.05, 3.63) is 17.5 Å². The monoisotopic (exact) mass is 248 g/mol. The molecule has 2 heterocycles. The fourth-order valence-electron chi connectivity index (χ4n) is 2.75. The number of likely N-dealkylation sites (tertiary alicyclic amines) is 1. The summed E-state index contributed by atoms with van der Waals surface area (Å²) in [5.41, 5.74) is -0.242. The third-order valence-electron chi connectivity index (χ3n) is 4.28. The van der Waals surface area contributed by atoms with Crippen LogP contribution < -0.4 is 0 Å². The van der Waals surface area contributed by atoms with E-state index in [-0.39, 0.29) is 5.91 Å². The van der Waals surface area contributed by atoms with Crippen LogP contribution in [0.15, 0.2) is 10.6 Å². The third kappa shape index (κ3) is 1.57.